The molecule has 3 atom stereocenters. The van der Waals surface area contributed by atoms with Crippen LogP contribution < -0.4 is 0 Å². The zero-order valence-electron chi connectivity index (χ0n) is 22.6. The summed E-state index contributed by atoms with van der Waals surface area (Å²) in [5.41, 5.74) is 4.24. The summed E-state index contributed by atoms with van der Waals surface area (Å²) in [5, 5.41) is 11.6. The summed E-state index contributed by atoms with van der Waals surface area (Å²) in [6, 6.07) is 10.4. The second-order valence-corrected chi connectivity index (χ2v) is 13.1. The summed E-state index contributed by atoms with van der Waals surface area (Å²) in [6.45, 7) is 16.7. The van der Waals surface area contributed by atoms with Crippen molar-refractivity contribution in [2.45, 2.75) is 60.6 Å². The zero-order valence-corrected chi connectivity index (χ0v) is 24.2. The highest BCUT2D eigenvalue weighted by molar-refractivity contribution is 6.35. The van der Waals surface area contributed by atoms with Crippen LogP contribution in [0.2, 0.25) is 0 Å². The van der Waals surface area contributed by atoms with E-state index in [1.54, 1.807) is 6.08 Å². The molecule has 0 amide bonds. The van der Waals surface area contributed by atoms with Crippen LogP contribution in [0.4, 0.5) is 0 Å². The first kappa shape index (κ1) is 28.9. The first-order valence-electron chi connectivity index (χ1n) is 12.9. The Bertz CT molecular complexity index is 1040. The van der Waals surface area contributed by atoms with E-state index in [0.717, 1.165) is 19.5 Å². The summed E-state index contributed by atoms with van der Waals surface area (Å²) in [4.78, 5) is 7.17. The third-order valence-electron chi connectivity index (χ3n) is 7.01. The summed E-state index contributed by atoms with van der Waals surface area (Å²) in [7, 11) is 0. The van der Waals surface area contributed by atoms with Gasteiger partial charge in [0.05, 0.1) is 12.6 Å². The summed E-state index contributed by atoms with van der Waals surface area (Å²) in [5.74, 6) is 0.339. The Hall–Kier alpha value is -1.65. The standard InChI is InChI=1S/C31H42Cl2N2O/c1-30(2,3)25-14-23(15-26(17-25)31(4,5)6)19-34-12-13-35(20-22-10-8-7-9-11-22)21-24-16-27(32)18-28(33)29(24)36/h7-11,14,16-19,24,26,29,36H,12-13,15,20-21H2,1-6H3/b34-19+. The number of aliphatic imine (C=N–C) groups is 1. The second kappa shape index (κ2) is 12.3. The highest BCUT2D eigenvalue weighted by Crippen LogP contribution is 2.40. The van der Waals surface area contributed by atoms with E-state index in [-0.39, 0.29) is 16.7 Å². The fourth-order valence-corrected chi connectivity index (χ4v) is 5.24. The molecule has 36 heavy (non-hydrogen) atoms. The highest BCUT2D eigenvalue weighted by atomic mass is 35.5. The van der Waals surface area contributed by atoms with Crippen LogP contribution in [-0.4, -0.2) is 42.0 Å². The molecule has 1 aromatic carbocycles. The van der Waals surface area contributed by atoms with E-state index in [0.29, 0.717) is 29.1 Å². The van der Waals surface area contributed by atoms with Crippen molar-refractivity contribution < 1.29 is 5.11 Å². The van der Waals surface area contributed by atoms with Gasteiger partial charge in [-0.3, -0.25) is 9.89 Å². The third kappa shape index (κ3) is 8.45. The van der Waals surface area contributed by atoms with E-state index in [2.05, 4.69) is 89.1 Å². The molecule has 0 radical (unpaired) electrons. The lowest BCUT2D eigenvalue weighted by molar-refractivity contribution is 0.131. The Kier molecular flexibility index (Phi) is 9.85. The van der Waals surface area contributed by atoms with Crippen LogP contribution in [0.1, 0.15) is 53.5 Å². The molecule has 0 spiro atoms. The van der Waals surface area contributed by atoms with E-state index >= 15 is 0 Å². The maximum Gasteiger partial charge on any atom is 0.0971 e. The molecule has 3 rings (SSSR count). The molecule has 3 nitrogen and oxygen atoms in total. The summed E-state index contributed by atoms with van der Waals surface area (Å²) in [6.07, 6.45) is 10.7. The normalized spacial score (nSPS) is 23.4. The molecule has 5 heteroatoms. The number of halogens is 2. The number of aliphatic hydroxyl groups excluding tert-OH is 1. The van der Waals surface area contributed by atoms with Crippen LogP contribution in [0, 0.1) is 22.7 Å². The number of hydrogen-bond donors (Lipinski definition) is 1. The Morgan fingerprint density at radius 1 is 1.03 bits per heavy atom. The molecule has 0 aliphatic heterocycles. The van der Waals surface area contributed by atoms with Gasteiger partial charge in [-0.15, -0.1) is 0 Å². The molecule has 0 heterocycles. The number of aliphatic hydroxyl groups is 1. The van der Waals surface area contributed by atoms with Crippen molar-refractivity contribution in [1.82, 2.24) is 4.90 Å². The summed E-state index contributed by atoms with van der Waals surface area (Å²) >= 11 is 12.5. The fourth-order valence-electron chi connectivity index (χ4n) is 4.62. The molecular weight excluding hydrogens is 487 g/mol. The second-order valence-electron chi connectivity index (χ2n) is 12.2. The van der Waals surface area contributed by atoms with Crippen molar-refractivity contribution >= 4 is 29.4 Å². The Morgan fingerprint density at radius 2 is 1.72 bits per heavy atom. The summed E-state index contributed by atoms with van der Waals surface area (Å²) < 4.78 is 0. The van der Waals surface area contributed by atoms with Crippen LogP contribution in [0.5, 0.6) is 0 Å². The number of nitrogens with zero attached hydrogens (tertiary/aromatic N) is 2. The van der Waals surface area contributed by atoms with Gasteiger partial charge in [-0.25, -0.2) is 0 Å². The number of rotatable bonds is 8. The first-order valence-corrected chi connectivity index (χ1v) is 13.7. The minimum absolute atomic E-state index is 0.112. The SMILES string of the molecule is CC(C)(C)C1=CC(C(C)(C)C)CC(/C=N/CCN(Cc2ccccc2)CC2C=C(Cl)C=C(Cl)C2O)=C1. The van der Waals surface area contributed by atoms with E-state index in [4.69, 9.17) is 28.2 Å². The molecule has 0 aromatic heterocycles. The van der Waals surface area contributed by atoms with Crippen molar-refractivity contribution in [3.63, 3.8) is 0 Å². The lowest BCUT2D eigenvalue weighted by Crippen LogP contribution is -2.36. The van der Waals surface area contributed by atoms with Crippen molar-refractivity contribution in [3.05, 3.63) is 81.4 Å². The van der Waals surface area contributed by atoms with Gasteiger partial charge in [0.25, 0.3) is 0 Å². The van der Waals surface area contributed by atoms with E-state index in [1.807, 2.05) is 12.1 Å². The van der Waals surface area contributed by atoms with Crippen molar-refractivity contribution in [1.29, 1.82) is 0 Å². The number of benzene rings is 1. The maximum absolute atomic E-state index is 10.6. The first-order chi connectivity index (χ1) is 16.8. The van der Waals surface area contributed by atoms with E-state index < -0.39 is 6.10 Å². The molecule has 1 aromatic rings. The quantitative estimate of drug-likeness (QED) is 0.350. The lowest BCUT2D eigenvalue weighted by Gasteiger charge is -2.35. The lowest BCUT2D eigenvalue weighted by atomic mass is 9.70. The van der Waals surface area contributed by atoms with Gasteiger partial charge in [0.1, 0.15) is 0 Å². The third-order valence-corrected chi connectivity index (χ3v) is 7.58. The smallest absolute Gasteiger partial charge is 0.0971 e. The monoisotopic (exact) mass is 528 g/mol. The number of allylic oxidation sites excluding steroid dienone is 6. The minimum Gasteiger partial charge on any atom is -0.387 e. The zero-order chi connectivity index (χ0) is 26.5. The van der Waals surface area contributed by atoms with Gasteiger partial charge >= 0.3 is 0 Å². The number of hydrogen-bond acceptors (Lipinski definition) is 3. The molecule has 0 bridgehead atoms. The fraction of sp³-hybridized carbons (Fsp3) is 0.516. The topological polar surface area (TPSA) is 35.8 Å². The van der Waals surface area contributed by atoms with Gasteiger partial charge in [-0.05, 0) is 46.0 Å². The molecule has 2 aliphatic rings. The van der Waals surface area contributed by atoms with Crippen molar-refractivity contribution in [2.75, 3.05) is 19.6 Å². The largest absolute Gasteiger partial charge is 0.387 e. The molecule has 196 valence electrons. The molecule has 1 N–H and O–H groups in total. The van der Waals surface area contributed by atoms with Crippen molar-refractivity contribution in [2.24, 2.45) is 27.7 Å². The Morgan fingerprint density at radius 3 is 2.36 bits per heavy atom. The Balaban J connectivity index is 1.70. The van der Waals surface area contributed by atoms with Crippen molar-refractivity contribution in [3.8, 4) is 0 Å². The average Bonchev–Trinajstić information content (AvgIpc) is 2.79. The molecule has 3 unspecified atom stereocenters. The van der Waals surface area contributed by atoms with Gasteiger partial charge in [0.15, 0.2) is 0 Å². The molecular formula is C31H42Cl2N2O. The van der Waals surface area contributed by atoms with Gasteiger partial charge in [-0.2, -0.15) is 0 Å². The average molecular weight is 530 g/mol. The van der Waals surface area contributed by atoms with Crippen LogP contribution >= 0.6 is 23.2 Å². The molecule has 0 saturated carbocycles. The highest BCUT2D eigenvalue weighted by Gasteiger charge is 2.29. The van der Waals surface area contributed by atoms with Gasteiger partial charge in [0, 0.05) is 41.8 Å². The van der Waals surface area contributed by atoms with Crippen LogP contribution in [0.25, 0.3) is 0 Å². The van der Waals surface area contributed by atoms with Gasteiger partial charge in [0.2, 0.25) is 0 Å². The Labute approximate surface area is 228 Å². The van der Waals surface area contributed by atoms with Gasteiger partial charge < -0.3 is 5.11 Å². The van der Waals surface area contributed by atoms with Crippen LogP contribution in [0.3, 0.4) is 0 Å². The molecule has 0 fully saturated rings. The van der Waals surface area contributed by atoms with Crippen LogP contribution in [-0.2, 0) is 6.54 Å². The van der Waals surface area contributed by atoms with E-state index in [9.17, 15) is 5.11 Å². The molecule has 0 saturated heterocycles. The van der Waals surface area contributed by atoms with Gasteiger partial charge in [-0.1, -0.05) is 113 Å². The predicted octanol–water partition coefficient (Wildman–Crippen LogP) is 7.76. The predicted molar refractivity (Wildman–Crippen MR) is 156 cm³/mol. The maximum atomic E-state index is 10.6. The van der Waals surface area contributed by atoms with Crippen LogP contribution in [0.15, 0.2) is 80.8 Å². The van der Waals surface area contributed by atoms with E-state index in [1.165, 1.54) is 16.7 Å². The minimum atomic E-state index is -0.736. The molecule has 2 aliphatic carbocycles.